The van der Waals surface area contributed by atoms with E-state index in [0.717, 1.165) is 22.2 Å². The molecule has 1 aliphatic rings. The molecule has 0 radical (unpaired) electrons. The summed E-state index contributed by atoms with van der Waals surface area (Å²) in [5, 5.41) is 16.8. The van der Waals surface area contributed by atoms with Gasteiger partial charge >= 0.3 is 5.92 Å². The molecular weight excluding hydrogens is 464 g/mol. The van der Waals surface area contributed by atoms with E-state index < -0.39 is 23.9 Å². The number of amides is 2. The van der Waals surface area contributed by atoms with Crippen molar-refractivity contribution < 1.29 is 18.4 Å². The Hall–Kier alpha value is -4.58. The Morgan fingerprint density at radius 2 is 1.86 bits per heavy atom. The lowest BCUT2D eigenvalue weighted by Gasteiger charge is -2.29. The van der Waals surface area contributed by atoms with Crippen LogP contribution < -0.4 is 10.2 Å². The van der Waals surface area contributed by atoms with Gasteiger partial charge in [-0.05, 0) is 42.0 Å². The largest absolute Gasteiger partial charge is 0.345 e. The molecule has 0 aliphatic carbocycles. The molecule has 0 spiro atoms. The average molecular weight is 485 g/mol. The molecule has 1 aromatic heterocycles. The van der Waals surface area contributed by atoms with Gasteiger partial charge in [0, 0.05) is 24.4 Å². The summed E-state index contributed by atoms with van der Waals surface area (Å²) in [6.07, 6.45) is 1.55. The number of aromatic nitrogens is 2. The second-order valence-corrected chi connectivity index (χ2v) is 8.75. The molecular formula is C27H21F2N5O2. The van der Waals surface area contributed by atoms with Crippen LogP contribution in [0.2, 0.25) is 0 Å². The number of rotatable bonds is 5. The highest BCUT2D eigenvalue weighted by molar-refractivity contribution is 6.00. The van der Waals surface area contributed by atoms with Crippen LogP contribution in [0.4, 0.5) is 14.5 Å². The van der Waals surface area contributed by atoms with Gasteiger partial charge in [-0.1, -0.05) is 36.4 Å². The normalized spacial score (nSPS) is 17.8. The summed E-state index contributed by atoms with van der Waals surface area (Å²) >= 11 is 0. The molecule has 5 rings (SSSR count). The molecule has 4 aromatic rings. The van der Waals surface area contributed by atoms with Crippen LogP contribution in [0.5, 0.6) is 0 Å². The lowest BCUT2D eigenvalue weighted by molar-refractivity contribution is -0.143. The number of hydrogen-bond acceptors (Lipinski definition) is 4. The molecule has 2 heterocycles. The van der Waals surface area contributed by atoms with Crippen molar-refractivity contribution in [3.63, 3.8) is 0 Å². The SMILES string of the molecule is CC(F)(F)C(=O)NC1CC(=O)N(c2ccc3c(cnn3-c3cccc(C#N)c3)c2)[C@@H]1c1ccccc1. The number of nitrogens with zero attached hydrogens (tertiary/aromatic N) is 4. The first-order valence-electron chi connectivity index (χ1n) is 11.3. The van der Waals surface area contributed by atoms with Crippen molar-refractivity contribution in [2.75, 3.05) is 4.90 Å². The van der Waals surface area contributed by atoms with E-state index in [1.54, 1.807) is 70.4 Å². The molecule has 0 saturated carbocycles. The third-order valence-corrected chi connectivity index (χ3v) is 6.23. The minimum atomic E-state index is -3.56. The van der Waals surface area contributed by atoms with Crippen LogP contribution in [0, 0.1) is 11.3 Å². The summed E-state index contributed by atoms with van der Waals surface area (Å²) in [5.41, 5.74) is 3.28. The molecule has 1 N–H and O–H groups in total. The van der Waals surface area contributed by atoms with Gasteiger partial charge in [0.25, 0.3) is 5.91 Å². The second kappa shape index (κ2) is 8.89. The molecule has 36 heavy (non-hydrogen) atoms. The van der Waals surface area contributed by atoms with E-state index in [2.05, 4.69) is 16.5 Å². The number of carbonyl (C=O) groups excluding carboxylic acids is 2. The molecule has 3 aromatic carbocycles. The van der Waals surface area contributed by atoms with Gasteiger partial charge in [0.05, 0.1) is 41.1 Å². The topological polar surface area (TPSA) is 91.0 Å². The number of benzene rings is 3. The number of fused-ring (bicyclic) bond motifs is 1. The van der Waals surface area contributed by atoms with Crippen molar-refractivity contribution >= 4 is 28.4 Å². The summed E-state index contributed by atoms with van der Waals surface area (Å²) in [6, 6.07) is 22.1. The van der Waals surface area contributed by atoms with Crippen LogP contribution >= 0.6 is 0 Å². The molecule has 1 fully saturated rings. The highest BCUT2D eigenvalue weighted by Gasteiger charge is 2.45. The number of halogens is 2. The Morgan fingerprint density at radius 3 is 2.58 bits per heavy atom. The zero-order chi connectivity index (χ0) is 25.4. The summed E-state index contributed by atoms with van der Waals surface area (Å²) in [5.74, 6) is -5.27. The average Bonchev–Trinajstić information content (AvgIpc) is 3.44. The zero-order valence-corrected chi connectivity index (χ0v) is 19.2. The Morgan fingerprint density at radius 1 is 1.08 bits per heavy atom. The van der Waals surface area contributed by atoms with Crippen molar-refractivity contribution in [2.24, 2.45) is 0 Å². The van der Waals surface area contributed by atoms with Gasteiger partial charge in [-0.15, -0.1) is 0 Å². The fourth-order valence-corrected chi connectivity index (χ4v) is 4.58. The summed E-state index contributed by atoms with van der Waals surface area (Å²) in [6.45, 7) is 0.534. The van der Waals surface area contributed by atoms with Crippen molar-refractivity contribution in [1.82, 2.24) is 15.1 Å². The number of hydrogen-bond donors (Lipinski definition) is 1. The lowest BCUT2D eigenvalue weighted by atomic mass is 9.99. The summed E-state index contributed by atoms with van der Waals surface area (Å²) < 4.78 is 29.0. The lowest BCUT2D eigenvalue weighted by Crippen LogP contribution is -2.46. The number of alkyl halides is 2. The van der Waals surface area contributed by atoms with E-state index in [9.17, 15) is 23.6 Å². The van der Waals surface area contributed by atoms with Crippen LogP contribution in [-0.2, 0) is 9.59 Å². The minimum absolute atomic E-state index is 0.111. The van der Waals surface area contributed by atoms with Gasteiger partial charge in [0.1, 0.15) is 0 Å². The molecule has 0 bridgehead atoms. The first-order valence-corrected chi connectivity index (χ1v) is 11.3. The zero-order valence-electron chi connectivity index (χ0n) is 19.2. The van der Waals surface area contributed by atoms with Crippen LogP contribution in [0.15, 0.2) is 79.0 Å². The number of nitriles is 1. The maximum Gasteiger partial charge on any atom is 0.321 e. The standard InChI is InChI=1S/C27H21F2N5O2/c1-27(28,29)26(36)32-22-14-24(35)33(25(22)18-7-3-2-4-8-18)20-10-11-23-19(13-20)16-31-34(23)21-9-5-6-17(12-21)15-30/h2-13,16,22,25H,14H2,1H3,(H,32,36)/t22?,25-/m1/s1. The van der Waals surface area contributed by atoms with Crippen LogP contribution in [0.25, 0.3) is 16.6 Å². The molecule has 1 aliphatic heterocycles. The Kier molecular flexibility index (Phi) is 5.72. The number of anilines is 1. The highest BCUT2D eigenvalue weighted by Crippen LogP contribution is 2.39. The van der Waals surface area contributed by atoms with Gasteiger partial charge in [-0.3, -0.25) is 9.59 Å². The van der Waals surface area contributed by atoms with E-state index >= 15 is 0 Å². The second-order valence-electron chi connectivity index (χ2n) is 8.75. The minimum Gasteiger partial charge on any atom is -0.345 e. The number of carbonyl (C=O) groups is 2. The van der Waals surface area contributed by atoms with Crippen molar-refractivity contribution in [2.45, 2.75) is 31.4 Å². The van der Waals surface area contributed by atoms with E-state index in [1.165, 1.54) is 0 Å². The Labute approximate surface area is 205 Å². The fraction of sp³-hybridized carbons (Fsp3) is 0.185. The first kappa shape index (κ1) is 23.2. The molecule has 9 heteroatoms. The third-order valence-electron chi connectivity index (χ3n) is 6.23. The Balaban J connectivity index is 1.54. The predicted octanol–water partition coefficient (Wildman–Crippen LogP) is 4.52. The van der Waals surface area contributed by atoms with E-state index in [1.807, 2.05) is 18.2 Å². The molecule has 2 amide bonds. The summed E-state index contributed by atoms with van der Waals surface area (Å²) in [4.78, 5) is 26.8. The molecule has 1 saturated heterocycles. The van der Waals surface area contributed by atoms with Crippen LogP contribution in [0.3, 0.4) is 0 Å². The first-order chi connectivity index (χ1) is 17.3. The monoisotopic (exact) mass is 485 g/mol. The fourth-order valence-electron chi connectivity index (χ4n) is 4.58. The molecule has 7 nitrogen and oxygen atoms in total. The summed E-state index contributed by atoms with van der Waals surface area (Å²) in [7, 11) is 0. The van der Waals surface area contributed by atoms with Gasteiger partial charge in [0.2, 0.25) is 5.91 Å². The highest BCUT2D eigenvalue weighted by atomic mass is 19.3. The molecule has 2 atom stereocenters. The van der Waals surface area contributed by atoms with Gasteiger partial charge in [-0.2, -0.15) is 19.1 Å². The van der Waals surface area contributed by atoms with Gasteiger partial charge in [-0.25, -0.2) is 4.68 Å². The van der Waals surface area contributed by atoms with Crippen LogP contribution in [-0.4, -0.2) is 33.6 Å². The quantitative estimate of drug-likeness (QED) is 0.450. The third kappa shape index (κ3) is 4.18. The van der Waals surface area contributed by atoms with Crippen molar-refractivity contribution in [3.05, 3.63) is 90.1 Å². The van der Waals surface area contributed by atoms with Gasteiger partial charge < -0.3 is 10.2 Å². The van der Waals surface area contributed by atoms with E-state index in [0.29, 0.717) is 18.2 Å². The maximum absolute atomic E-state index is 13.6. The molecule has 1 unspecified atom stereocenters. The Bertz CT molecular complexity index is 1500. The maximum atomic E-state index is 13.6. The molecule has 180 valence electrons. The van der Waals surface area contributed by atoms with Gasteiger partial charge in [0.15, 0.2) is 0 Å². The predicted molar refractivity (Wildman–Crippen MR) is 130 cm³/mol. The smallest absolute Gasteiger partial charge is 0.321 e. The van der Waals surface area contributed by atoms with E-state index in [-0.39, 0.29) is 12.3 Å². The van der Waals surface area contributed by atoms with E-state index in [4.69, 9.17) is 0 Å². The van der Waals surface area contributed by atoms with Crippen LogP contribution in [0.1, 0.15) is 30.5 Å². The number of nitrogens with one attached hydrogen (secondary N) is 1. The van der Waals surface area contributed by atoms with Crippen molar-refractivity contribution in [1.29, 1.82) is 5.26 Å². The van der Waals surface area contributed by atoms with Crippen molar-refractivity contribution in [3.8, 4) is 11.8 Å².